The van der Waals surface area contributed by atoms with E-state index in [9.17, 15) is 0 Å². The Morgan fingerprint density at radius 1 is 0.667 bits per heavy atom. The van der Waals surface area contributed by atoms with Crippen LogP contribution >= 0.6 is 17.0 Å². The van der Waals surface area contributed by atoms with Crippen LogP contribution in [0.25, 0.3) is 0 Å². The monoisotopic (exact) mass is 630 g/mol. The van der Waals surface area contributed by atoms with Crippen LogP contribution in [0, 0.1) is 74.0 Å². The summed E-state index contributed by atoms with van der Waals surface area (Å²) in [5.74, 6) is 11.2. The Kier molecular flexibility index (Phi) is 12.1. The third-order valence-corrected chi connectivity index (χ3v) is 18.6. The Bertz CT molecular complexity index is 685. The zero-order chi connectivity index (χ0) is 24.0. The fraction of sp³-hybridized carbons (Fsp3) is 0.938. The average molecular weight is 633 g/mol. The van der Waals surface area contributed by atoms with Crippen LogP contribution in [-0.4, -0.2) is 8.07 Å². The van der Waals surface area contributed by atoms with Gasteiger partial charge >= 0.3 is 37.9 Å². The molecule has 6 aliphatic rings. The molecule has 0 aliphatic heterocycles. The molecular weight excluding hydrogens is 575 g/mol. The molecule has 0 saturated heterocycles. The van der Waals surface area contributed by atoms with Gasteiger partial charge < -0.3 is 14.9 Å². The molecule has 0 N–H and O–H groups in total. The van der Waals surface area contributed by atoms with Crippen molar-refractivity contribution in [3.05, 3.63) is 14.9 Å². The topological polar surface area (TPSA) is 0 Å². The number of rotatable bonds is 4. The van der Waals surface area contributed by atoms with E-state index in [0.29, 0.717) is 0 Å². The SMILES string of the molecule is CCC(C)C1CC([Si](C)(C)C2CCC3CC4CCCC4CC32)C2CC3CCCC3CC12.[CH3-].[CH3-].[Cl][Zr+2][Cl]. The molecule has 6 rings (SSSR count). The van der Waals surface area contributed by atoms with Gasteiger partial charge in [0, 0.05) is 0 Å². The minimum absolute atomic E-state index is 0. The van der Waals surface area contributed by atoms with Crippen molar-refractivity contribution < 1.29 is 20.8 Å². The molecule has 0 nitrogen and oxygen atoms in total. The van der Waals surface area contributed by atoms with Crippen LogP contribution in [0.15, 0.2) is 0 Å². The van der Waals surface area contributed by atoms with E-state index in [1.54, 1.807) is 83.5 Å². The summed E-state index contributed by atoms with van der Waals surface area (Å²) in [5.41, 5.74) is 2.35. The van der Waals surface area contributed by atoms with Gasteiger partial charge in [-0.05, 0) is 102 Å². The summed E-state index contributed by atoms with van der Waals surface area (Å²) in [6.07, 6.45) is 22.4. The summed E-state index contributed by atoms with van der Waals surface area (Å²) in [5, 5.41) is 0. The van der Waals surface area contributed by atoms with E-state index >= 15 is 0 Å². The van der Waals surface area contributed by atoms with Crippen molar-refractivity contribution in [1.29, 1.82) is 0 Å². The molecule has 36 heavy (non-hydrogen) atoms. The molecule has 6 aliphatic carbocycles. The van der Waals surface area contributed by atoms with Gasteiger partial charge in [0.05, 0.1) is 8.07 Å². The van der Waals surface area contributed by atoms with Gasteiger partial charge in [0.2, 0.25) is 0 Å². The summed E-state index contributed by atoms with van der Waals surface area (Å²) < 4.78 is 0. The van der Waals surface area contributed by atoms with Gasteiger partial charge in [-0.1, -0.05) is 84.7 Å². The molecule has 0 aromatic carbocycles. The molecule has 12 unspecified atom stereocenters. The van der Waals surface area contributed by atoms with Crippen molar-refractivity contribution in [1.82, 2.24) is 0 Å². The Balaban J connectivity index is 0.000000690. The summed E-state index contributed by atoms with van der Waals surface area (Å²) in [6, 6.07) is 0. The first kappa shape index (κ1) is 32.2. The second-order valence-corrected chi connectivity index (χ2v) is 23.4. The summed E-state index contributed by atoms with van der Waals surface area (Å²) >= 11 is -0.826. The molecule has 0 aromatic rings. The predicted molar refractivity (Wildman–Crippen MR) is 160 cm³/mol. The van der Waals surface area contributed by atoms with Crippen LogP contribution in [0.4, 0.5) is 0 Å². The van der Waals surface area contributed by atoms with Gasteiger partial charge in [0.15, 0.2) is 0 Å². The fourth-order valence-corrected chi connectivity index (χ4v) is 17.0. The number of hydrogen-bond donors (Lipinski definition) is 0. The number of halogens is 2. The Morgan fingerprint density at radius 3 is 1.72 bits per heavy atom. The van der Waals surface area contributed by atoms with E-state index in [1.165, 1.54) is 17.5 Å². The fourth-order valence-electron chi connectivity index (χ4n) is 11.7. The molecule has 0 spiro atoms. The van der Waals surface area contributed by atoms with Gasteiger partial charge in [-0.25, -0.2) is 0 Å². The normalized spacial score (nSPS) is 45.4. The standard InChI is InChI=1S/C30H52Si.2CH3.2ClH.Zr/c1-5-19(2)25-18-30(28-17-23-11-7-10-22(23)16-27(25)28)31(3,4)29-13-12-24-14-20-8-6-9-21(20)15-26(24)29;;;;;/h19-30H,5-18H2,1-4H3;2*1H3;2*1H;/q;2*-1;;;+4/p-2. The maximum atomic E-state index is 4.93. The Morgan fingerprint density at radius 2 is 1.17 bits per heavy atom. The van der Waals surface area contributed by atoms with Gasteiger partial charge in [-0.15, -0.1) is 0 Å². The second kappa shape index (κ2) is 13.6. The first-order valence-corrected chi connectivity index (χ1v) is 24.8. The third kappa shape index (κ3) is 5.98. The Labute approximate surface area is 246 Å². The first-order chi connectivity index (χ1) is 16.4. The van der Waals surface area contributed by atoms with Gasteiger partial charge in [0.1, 0.15) is 0 Å². The van der Waals surface area contributed by atoms with Crippen LogP contribution in [0.2, 0.25) is 24.2 Å². The van der Waals surface area contributed by atoms with Crippen LogP contribution < -0.4 is 0 Å². The summed E-state index contributed by atoms with van der Waals surface area (Å²) in [6.45, 7) is 11.0. The van der Waals surface area contributed by atoms with E-state index in [4.69, 9.17) is 17.0 Å². The molecule has 0 amide bonds. The molecule has 6 fully saturated rings. The molecule has 4 heteroatoms. The summed E-state index contributed by atoms with van der Waals surface area (Å²) in [7, 11) is 8.63. The predicted octanol–water partition coefficient (Wildman–Crippen LogP) is 11.5. The zero-order valence-electron chi connectivity index (χ0n) is 24.6. The minimum atomic E-state index is -1.24. The van der Waals surface area contributed by atoms with Crippen molar-refractivity contribution in [2.45, 2.75) is 128 Å². The molecule has 0 heterocycles. The van der Waals surface area contributed by atoms with E-state index in [1.807, 2.05) is 0 Å². The van der Waals surface area contributed by atoms with E-state index < -0.39 is 28.9 Å². The van der Waals surface area contributed by atoms with Crippen molar-refractivity contribution in [3.8, 4) is 0 Å². The van der Waals surface area contributed by atoms with Crippen LogP contribution in [0.5, 0.6) is 0 Å². The van der Waals surface area contributed by atoms with Gasteiger partial charge in [0.25, 0.3) is 0 Å². The molecule has 0 bridgehead atoms. The molecule has 6 saturated carbocycles. The van der Waals surface area contributed by atoms with Crippen molar-refractivity contribution >= 4 is 25.1 Å². The molecule has 208 valence electrons. The van der Waals surface area contributed by atoms with E-state index in [0.717, 1.165) is 59.2 Å². The molecule has 0 radical (unpaired) electrons. The molecule has 0 aromatic heterocycles. The summed E-state index contributed by atoms with van der Waals surface area (Å²) in [4.78, 5) is 0. The van der Waals surface area contributed by atoms with Crippen LogP contribution in [0.3, 0.4) is 0 Å². The van der Waals surface area contributed by atoms with Crippen molar-refractivity contribution in [2.24, 2.45) is 59.2 Å². The molecule has 12 atom stereocenters. The first-order valence-electron chi connectivity index (χ1n) is 15.3. The van der Waals surface area contributed by atoms with Crippen molar-refractivity contribution in [3.63, 3.8) is 0 Å². The average Bonchev–Trinajstić information content (AvgIpc) is 3.60. The van der Waals surface area contributed by atoms with Crippen molar-refractivity contribution in [2.75, 3.05) is 0 Å². The second-order valence-electron chi connectivity index (χ2n) is 14.6. The quantitative estimate of drug-likeness (QED) is 0.214. The Hall–Kier alpha value is 1.68. The van der Waals surface area contributed by atoms with E-state index in [2.05, 4.69) is 26.9 Å². The number of fused-ring (bicyclic) bond motifs is 4. The maximum absolute atomic E-state index is 4.93. The van der Waals surface area contributed by atoms with Crippen LogP contribution in [-0.2, 0) is 20.8 Å². The zero-order valence-corrected chi connectivity index (χ0v) is 29.6. The van der Waals surface area contributed by atoms with E-state index in [-0.39, 0.29) is 14.9 Å². The van der Waals surface area contributed by atoms with Gasteiger partial charge in [-0.2, -0.15) is 0 Å². The molecular formula is C32H58Cl2SiZr. The number of hydrogen-bond acceptors (Lipinski definition) is 0. The van der Waals surface area contributed by atoms with Crippen LogP contribution in [0.1, 0.15) is 104 Å². The van der Waals surface area contributed by atoms with Gasteiger partial charge in [-0.3, -0.25) is 0 Å². The third-order valence-electron chi connectivity index (χ3n) is 13.4.